The molecular formula is C23H25N3O5. The Morgan fingerprint density at radius 2 is 1.45 bits per heavy atom. The number of rotatable bonds is 8. The summed E-state index contributed by atoms with van der Waals surface area (Å²) in [6, 6.07) is 14.8. The van der Waals surface area contributed by atoms with Crippen LogP contribution in [0.3, 0.4) is 0 Å². The third-order valence-corrected chi connectivity index (χ3v) is 4.07. The van der Waals surface area contributed by atoms with Gasteiger partial charge in [0.25, 0.3) is 5.91 Å². The lowest BCUT2D eigenvalue weighted by Gasteiger charge is -2.17. The number of nitrogens with one attached hydrogen (secondary N) is 3. The van der Waals surface area contributed by atoms with Crippen LogP contribution in [0.25, 0.3) is 6.08 Å². The molecule has 0 aliphatic heterocycles. The van der Waals surface area contributed by atoms with Crippen molar-refractivity contribution in [2.45, 2.75) is 32.9 Å². The SMILES string of the molecule is CC(=O)Nc1ccc(NC(=O)[C@H](C)OC(=O)[C@H](C)NC(=O)/C=C/c2ccccc2)cc1. The van der Waals surface area contributed by atoms with Gasteiger partial charge in [0.05, 0.1) is 0 Å². The average Bonchev–Trinajstić information content (AvgIpc) is 2.73. The van der Waals surface area contributed by atoms with E-state index in [9.17, 15) is 19.2 Å². The second-order valence-electron chi connectivity index (χ2n) is 6.80. The lowest BCUT2D eigenvalue weighted by molar-refractivity contribution is -0.155. The van der Waals surface area contributed by atoms with Gasteiger partial charge in [-0.2, -0.15) is 0 Å². The van der Waals surface area contributed by atoms with Crippen LogP contribution >= 0.6 is 0 Å². The summed E-state index contributed by atoms with van der Waals surface area (Å²) in [5.74, 6) is -1.91. The molecule has 3 amide bonds. The zero-order valence-electron chi connectivity index (χ0n) is 17.5. The predicted octanol–water partition coefficient (Wildman–Crippen LogP) is 2.73. The molecule has 162 valence electrons. The summed E-state index contributed by atoms with van der Waals surface area (Å²) >= 11 is 0. The van der Waals surface area contributed by atoms with Crippen LogP contribution in [0.1, 0.15) is 26.3 Å². The minimum absolute atomic E-state index is 0.200. The Kier molecular flexibility index (Phi) is 8.51. The van der Waals surface area contributed by atoms with Crippen molar-refractivity contribution in [1.82, 2.24) is 5.32 Å². The number of carbonyl (C=O) groups is 4. The summed E-state index contributed by atoms with van der Waals surface area (Å²) in [4.78, 5) is 47.5. The molecule has 0 fully saturated rings. The molecule has 0 saturated carbocycles. The number of anilines is 2. The van der Waals surface area contributed by atoms with Gasteiger partial charge in [0, 0.05) is 24.4 Å². The van der Waals surface area contributed by atoms with Gasteiger partial charge in [-0.3, -0.25) is 14.4 Å². The van der Waals surface area contributed by atoms with E-state index in [2.05, 4.69) is 16.0 Å². The molecule has 8 nitrogen and oxygen atoms in total. The molecule has 3 N–H and O–H groups in total. The Morgan fingerprint density at radius 3 is 2.03 bits per heavy atom. The third-order valence-electron chi connectivity index (χ3n) is 4.07. The van der Waals surface area contributed by atoms with Gasteiger partial charge in [0.15, 0.2) is 6.10 Å². The molecule has 0 aliphatic rings. The maximum absolute atomic E-state index is 12.3. The topological polar surface area (TPSA) is 114 Å². The van der Waals surface area contributed by atoms with Gasteiger partial charge in [-0.15, -0.1) is 0 Å². The van der Waals surface area contributed by atoms with Crippen LogP contribution in [0.15, 0.2) is 60.7 Å². The monoisotopic (exact) mass is 423 g/mol. The van der Waals surface area contributed by atoms with Crippen molar-refractivity contribution in [3.63, 3.8) is 0 Å². The smallest absolute Gasteiger partial charge is 0.329 e. The van der Waals surface area contributed by atoms with Crippen LogP contribution < -0.4 is 16.0 Å². The molecule has 31 heavy (non-hydrogen) atoms. The molecule has 0 unspecified atom stereocenters. The van der Waals surface area contributed by atoms with E-state index in [4.69, 9.17) is 4.74 Å². The minimum atomic E-state index is -1.07. The molecule has 0 aromatic heterocycles. The fourth-order valence-corrected chi connectivity index (χ4v) is 2.47. The summed E-state index contributed by atoms with van der Waals surface area (Å²) in [6.45, 7) is 4.30. The number of carbonyl (C=O) groups excluding carboxylic acids is 4. The van der Waals surface area contributed by atoms with E-state index in [0.717, 1.165) is 5.56 Å². The fourth-order valence-electron chi connectivity index (χ4n) is 2.47. The quantitative estimate of drug-likeness (QED) is 0.446. The van der Waals surface area contributed by atoms with Crippen LogP contribution in [0, 0.1) is 0 Å². The van der Waals surface area contributed by atoms with E-state index in [1.165, 1.54) is 26.8 Å². The van der Waals surface area contributed by atoms with Crippen LogP contribution in [0.5, 0.6) is 0 Å². The maximum Gasteiger partial charge on any atom is 0.329 e. The average molecular weight is 423 g/mol. The normalized spacial score (nSPS) is 12.5. The second-order valence-corrected chi connectivity index (χ2v) is 6.80. The lowest BCUT2D eigenvalue weighted by atomic mass is 10.2. The summed E-state index contributed by atoms with van der Waals surface area (Å²) < 4.78 is 5.14. The van der Waals surface area contributed by atoms with Crippen molar-refractivity contribution >= 4 is 41.1 Å². The molecule has 0 spiro atoms. The Morgan fingerprint density at radius 1 is 0.871 bits per heavy atom. The zero-order chi connectivity index (χ0) is 22.8. The Bertz CT molecular complexity index is 955. The van der Waals surface area contributed by atoms with Gasteiger partial charge in [0.1, 0.15) is 6.04 Å². The second kappa shape index (κ2) is 11.3. The van der Waals surface area contributed by atoms with Crippen LogP contribution in [0.2, 0.25) is 0 Å². The predicted molar refractivity (Wildman–Crippen MR) is 118 cm³/mol. The largest absolute Gasteiger partial charge is 0.451 e. The number of hydrogen-bond donors (Lipinski definition) is 3. The van der Waals surface area contributed by atoms with Gasteiger partial charge < -0.3 is 20.7 Å². The highest BCUT2D eigenvalue weighted by Crippen LogP contribution is 2.14. The fraction of sp³-hybridized carbons (Fsp3) is 0.217. The van der Waals surface area contributed by atoms with E-state index in [-0.39, 0.29) is 5.91 Å². The van der Waals surface area contributed by atoms with Crippen LogP contribution in [-0.4, -0.2) is 35.8 Å². The van der Waals surface area contributed by atoms with Crippen molar-refractivity contribution in [3.05, 3.63) is 66.2 Å². The zero-order valence-corrected chi connectivity index (χ0v) is 17.5. The first-order valence-electron chi connectivity index (χ1n) is 9.67. The molecule has 0 saturated heterocycles. The van der Waals surface area contributed by atoms with E-state index < -0.39 is 29.9 Å². The van der Waals surface area contributed by atoms with Gasteiger partial charge in [0.2, 0.25) is 11.8 Å². The molecule has 0 bridgehead atoms. The molecular weight excluding hydrogens is 398 g/mol. The minimum Gasteiger partial charge on any atom is -0.451 e. The summed E-state index contributed by atoms with van der Waals surface area (Å²) in [5.41, 5.74) is 1.92. The van der Waals surface area contributed by atoms with E-state index in [1.54, 1.807) is 30.3 Å². The number of ether oxygens (including phenoxy) is 1. The van der Waals surface area contributed by atoms with Crippen LogP contribution in [-0.2, 0) is 23.9 Å². The van der Waals surface area contributed by atoms with Crippen molar-refractivity contribution < 1.29 is 23.9 Å². The Labute approximate surface area is 180 Å². The third kappa shape index (κ3) is 8.14. The van der Waals surface area contributed by atoms with Gasteiger partial charge in [-0.25, -0.2) is 4.79 Å². The van der Waals surface area contributed by atoms with Crippen molar-refractivity contribution in [1.29, 1.82) is 0 Å². The first-order valence-corrected chi connectivity index (χ1v) is 9.67. The summed E-state index contributed by atoms with van der Waals surface area (Å²) in [6.07, 6.45) is 1.88. The number of benzene rings is 2. The molecule has 0 radical (unpaired) electrons. The van der Waals surface area contributed by atoms with E-state index in [0.29, 0.717) is 11.4 Å². The molecule has 8 heteroatoms. The van der Waals surface area contributed by atoms with Gasteiger partial charge >= 0.3 is 5.97 Å². The van der Waals surface area contributed by atoms with E-state index in [1.807, 2.05) is 30.3 Å². The molecule has 2 aromatic carbocycles. The highest BCUT2D eigenvalue weighted by molar-refractivity contribution is 5.97. The number of esters is 1. The van der Waals surface area contributed by atoms with Crippen molar-refractivity contribution in [2.75, 3.05) is 10.6 Å². The molecule has 0 heterocycles. The van der Waals surface area contributed by atoms with E-state index >= 15 is 0 Å². The van der Waals surface area contributed by atoms with Gasteiger partial charge in [-0.05, 0) is 49.8 Å². The summed E-state index contributed by atoms with van der Waals surface area (Å²) in [7, 11) is 0. The molecule has 0 aliphatic carbocycles. The van der Waals surface area contributed by atoms with Crippen molar-refractivity contribution in [2.24, 2.45) is 0 Å². The lowest BCUT2D eigenvalue weighted by Crippen LogP contribution is -2.41. The highest BCUT2D eigenvalue weighted by atomic mass is 16.5. The maximum atomic E-state index is 12.3. The van der Waals surface area contributed by atoms with Crippen molar-refractivity contribution in [3.8, 4) is 0 Å². The molecule has 2 rings (SSSR count). The number of hydrogen-bond acceptors (Lipinski definition) is 5. The Balaban J connectivity index is 1.81. The molecule has 2 atom stereocenters. The first kappa shape index (κ1) is 23.3. The highest BCUT2D eigenvalue weighted by Gasteiger charge is 2.22. The Hall–Kier alpha value is -3.94. The number of amides is 3. The first-order chi connectivity index (χ1) is 14.7. The standard InChI is InChI=1S/C23H25N3O5/c1-15(24-21(28)14-9-18-7-5-4-6-8-18)23(30)31-16(2)22(29)26-20-12-10-19(11-13-20)25-17(3)27/h4-16H,1-3H3,(H,24,28)(H,25,27)(H,26,29)/b14-9+/t15-,16-/m0/s1. The van der Waals surface area contributed by atoms with Crippen LogP contribution in [0.4, 0.5) is 11.4 Å². The summed E-state index contributed by atoms with van der Waals surface area (Å²) in [5, 5.41) is 7.74. The molecule has 2 aromatic rings. The van der Waals surface area contributed by atoms with Gasteiger partial charge in [-0.1, -0.05) is 30.3 Å².